The van der Waals surface area contributed by atoms with Crippen LogP contribution in [-0.4, -0.2) is 0 Å². The maximum atomic E-state index is 2.55. The van der Waals surface area contributed by atoms with Crippen LogP contribution in [0.25, 0.3) is 0 Å². The summed E-state index contributed by atoms with van der Waals surface area (Å²) in [6.45, 7) is 2.55. The minimum absolute atomic E-state index is 0.903. The quantitative estimate of drug-likeness (QED) is 0.458. The molecule has 0 nitrogen and oxygen atoms in total. The van der Waals surface area contributed by atoms with Gasteiger partial charge in [0.05, 0.1) is 0 Å². The first-order valence-corrected chi connectivity index (χ1v) is 4.32. The zero-order valence-electron chi connectivity index (χ0n) is 5.80. The lowest BCUT2D eigenvalue weighted by molar-refractivity contribution is 0.106. The molecule has 0 aromatic rings. The second kappa shape index (κ2) is 0.741. The third-order valence-electron chi connectivity index (χ3n) is 4.85. The first kappa shape index (κ1) is 4.00. The Morgan fingerprint density at radius 1 is 1.33 bits per heavy atom. The van der Waals surface area contributed by atoms with Crippen LogP contribution in [0.4, 0.5) is 0 Å². The van der Waals surface area contributed by atoms with Gasteiger partial charge in [0.2, 0.25) is 0 Å². The molecule has 0 bridgehead atoms. The van der Waals surface area contributed by atoms with Crippen LogP contribution in [0.5, 0.6) is 0 Å². The second-order valence-electron chi connectivity index (χ2n) is 4.98. The summed E-state index contributed by atoms with van der Waals surface area (Å²) in [6, 6.07) is 0. The van der Waals surface area contributed by atoms with Crippen molar-refractivity contribution in [2.24, 2.45) is 35.0 Å². The molecule has 4 saturated carbocycles. The van der Waals surface area contributed by atoms with E-state index in [4.69, 9.17) is 0 Å². The maximum Gasteiger partial charge on any atom is -0.0258 e. The average molecular weight is 120 g/mol. The van der Waals surface area contributed by atoms with Crippen molar-refractivity contribution in [3.8, 4) is 0 Å². The predicted octanol–water partition coefficient (Wildman–Crippen LogP) is 1.91. The van der Waals surface area contributed by atoms with E-state index < -0.39 is 0 Å². The molecule has 6 atom stereocenters. The van der Waals surface area contributed by atoms with Crippen molar-refractivity contribution in [2.45, 2.75) is 19.8 Å². The van der Waals surface area contributed by atoms with E-state index in [-0.39, 0.29) is 0 Å². The monoisotopic (exact) mass is 120 g/mol. The van der Waals surface area contributed by atoms with E-state index in [0.29, 0.717) is 0 Å². The highest BCUT2D eigenvalue weighted by Gasteiger charge is 2.84. The molecule has 0 amide bonds. The lowest BCUT2D eigenvalue weighted by Gasteiger charge is -2.38. The Balaban J connectivity index is 1.97. The van der Waals surface area contributed by atoms with E-state index in [1.807, 2.05) is 0 Å². The standard InChI is InChI=1S/C9H12/c1-9-3-5-7(8(5)9)4-2-6(4)9/h4-8H,2-3H2,1H3. The zero-order valence-corrected chi connectivity index (χ0v) is 5.80. The van der Waals surface area contributed by atoms with Crippen LogP contribution in [0.3, 0.4) is 0 Å². The highest BCUT2D eigenvalue weighted by Crippen LogP contribution is 2.89. The van der Waals surface area contributed by atoms with Crippen molar-refractivity contribution in [3.05, 3.63) is 0 Å². The van der Waals surface area contributed by atoms with Gasteiger partial charge >= 0.3 is 0 Å². The molecule has 0 aromatic heterocycles. The molecule has 4 rings (SSSR count). The van der Waals surface area contributed by atoms with Crippen LogP contribution < -0.4 is 0 Å². The van der Waals surface area contributed by atoms with Gasteiger partial charge in [-0.2, -0.15) is 0 Å². The summed E-state index contributed by atoms with van der Waals surface area (Å²) in [5.41, 5.74) is 0.903. The number of hydrogen-bond acceptors (Lipinski definition) is 0. The van der Waals surface area contributed by atoms with Crippen molar-refractivity contribution in [1.82, 2.24) is 0 Å². The summed E-state index contributed by atoms with van der Waals surface area (Å²) < 4.78 is 0. The Kier molecular flexibility index (Phi) is 0.329. The van der Waals surface area contributed by atoms with Crippen LogP contribution >= 0.6 is 0 Å². The van der Waals surface area contributed by atoms with Gasteiger partial charge in [-0.15, -0.1) is 0 Å². The SMILES string of the molecule is CC12CC3C(C4CC41)C32. The van der Waals surface area contributed by atoms with Crippen LogP contribution in [-0.2, 0) is 0 Å². The van der Waals surface area contributed by atoms with Crippen molar-refractivity contribution in [3.63, 3.8) is 0 Å². The fourth-order valence-corrected chi connectivity index (χ4v) is 4.46. The first-order valence-electron chi connectivity index (χ1n) is 4.32. The van der Waals surface area contributed by atoms with E-state index in [1.54, 1.807) is 12.8 Å². The predicted molar refractivity (Wildman–Crippen MR) is 34.8 cm³/mol. The Morgan fingerprint density at radius 2 is 2.22 bits per heavy atom. The summed E-state index contributed by atoms with van der Waals surface area (Å²) in [4.78, 5) is 0. The summed E-state index contributed by atoms with van der Waals surface area (Å²) >= 11 is 0. The molecule has 9 heavy (non-hydrogen) atoms. The van der Waals surface area contributed by atoms with Gasteiger partial charge in [-0.1, -0.05) is 6.92 Å². The lowest BCUT2D eigenvalue weighted by atomic mass is 9.67. The molecule has 0 aromatic carbocycles. The van der Waals surface area contributed by atoms with E-state index in [0.717, 1.165) is 5.41 Å². The minimum Gasteiger partial charge on any atom is -0.0591 e. The van der Waals surface area contributed by atoms with E-state index in [9.17, 15) is 0 Å². The summed E-state index contributed by atoms with van der Waals surface area (Å²) in [5.74, 6) is 6.23. The molecular weight excluding hydrogens is 108 g/mol. The molecule has 6 unspecified atom stereocenters. The van der Waals surface area contributed by atoms with Gasteiger partial charge in [0.25, 0.3) is 0 Å². The molecule has 0 radical (unpaired) electrons. The van der Waals surface area contributed by atoms with Crippen molar-refractivity contribution in [1.29, 1.82) is 0 Å². The molecule has 4 aliphatic carbocycles. The van der Waals surface area contributed by atoms with Crippen LogP contribution in [0.2, 0.25) is 0 Å². The maximum absolute atomic E-state index is 2.55. The molecule has 0 heterocycles. The number of hydrogen-bond donors (Lipinski definition) is 0. The lowest BCUT2D eigenvalue weighted by Crippen LogP contribution is -2.31. The molecule has 4 aliphatic rings. The second-order valence-corrected chi connectivity index (χ2v) is 4.98. The van der Waals surface area contributed by atoms with Gasteiger partial charge in [-0.25, -0.2) is 0 Å². The summed E-state index contributed by atoms with van der Waals surface area (Å²) in [6.07, 6.45) is 3.23. The normalized spacial score (nSPS) is 87.0. The number of rotatable bonds is 0. The van der Waals surface area contributed by atoms with E-state index in [2.05, 4.69) is 6.92 Å². The molecule has 0 N–H and O–H groups in total. The molecular formula is C9H12. The Morgan fingerprint density at radius 3 is 2.67 bits per heavy atom. The Bertz CT molecular complexity index is 198. The van der Waals surface area contributed by atoms with Gasteiger partial charge < -0.3 is 0 Å². The fourth-order valence-electron chi connectivity index (χ4n) is 4.46. The van der Waals surface area contributed by atoms with Crippen LogP contribution in [0.15, 0.2) is 0 Å². The minimum atomic E-state index is 0.903. The van der Waals surface area contributed by atoms with Gasteiger partial charge in [0, 0.05) is 0 Å². The van der Waals surface area contributed by atoms with Gasteiger partial charge in [-0.3, -0.25) is 0 Å². The molecule has 0 aliphatic heterocycles. The highest BCUT2D eigenvalue weighted by molar-refractivity contribution is 5.32. The van der Waals surface area contributed by atoms with Crippen molar-refractivity contribution >= 4 is 0 Å². The van der Waals surface area contributed by atoms with Crippen molar-refractivity contribution in [2.75, 3.05) is 0 Å². The molecule has 0 spiro atoms. The van der Waals surface area contributed by atoms with Crippen LogP contribution in [0, 0.1) is 35.0 Å². The summed E-state index contributed by atoms with van der Waals surface area (Å²) in [7, 11) is 0. The zero-order chi connectivity index (χ0) is 5.80. The number of fused-ring (bicyclic) bond motifs is 4. The van der Waals surface area contributed by atoms with Gasteiger partial charge in [0.15, 0.2) is 0 Å². The molecule has 0 heteroatoms. The van der Waals surface area contributed by atoms with Crippen LogP contribution in [0.1, 0.15) is 19.8 Å². The smallest absolute Gasteiger partial charge is 0.0258 e. The largest absolute Gasteiger partial charge is 0.0591 e. The third-order valence-corrected chi connectivity index (χ3v) is 4.85. The molecule has 4 fully saturated rings. The first-order chi connectivity index (χ1) is 4.32. The third kappa shape index (κ3) is 0.210. The van der Waals surface area contributed by atoms with E-state index in [1.165, 1.54) is 29.6 Å². The highest BCUT2D eigenvalue weighted by atomic mass is 14.9. The van der Waals surface area contributed by atoms with Gasteiger partial charge in [0.1, 0.15) is 0 Å². The molecule has 48 valence electrons. The Labute approximate surface area is 55.6 Å². The Hall–Kier alpha value is 0. The topological polar surface area (TPSA) is 0 Å². The molecule has 0 saturated heterocycles. The van der Waals surface area contributed by atoms with Crippen molar-refractivity contribution < 1.29 is 0 Å². The average Bonchev–Trinajstić information content (AvgIpc) is 2.51. The van der Waals surface area contributed by atoms with E-state index >= 15 is 0 Å². The fraction of sp³-hybridized carbons (Fsp3) is 1.00. The van der Waals surface area contributed by atoms with Gasteiger partial charge in [-0.05, 0) is 47.8 Å². The summed E-state index contributed by atoms with van der Waals surface area (Å²) in [5, 5.41) is 0.